The van der Waals surface area contributed by atoms with E-state index in [-0.39, 0.29) is 0 Å². The summed E-state index contributed by atoms with van der Waals surface area (Å²) in [5.41, 5.74) is 1.94. The Morgan fingerprint density at radius 3 is 2.64 bits per heavy atom. The number of rotatable bonds is 2. The van der Waals surface area contributed by atoms with Crippen molar-refractivity contribution >= 4 is 5.71 Å². The van der Waals surface area contributed by atoms with Crippen molar-refractivity contribution in [3.63, 3.8) is 0 Å². The lowest BCUT2D eigenvalue weighted by molar-refractivity contribution is 0.213. The summed E-state index contributed by atoms with van der Waals surface area (Å²) >= 11 is 0. The van der Waals surface area contributed by atoms with E-state index in [2.05, 4.69) is 16.1 Å². The second-order valence-electron chi connectivity index (χ2n) is 2.15. The molecule has 0 aromatic heterocycles. The molecule has 0 aliphatic rings. The molecule has 0 N–H and O–H groups in total. The van der Waals surface area contributed by atoms with Crippen molar-refractivity contribution in [1.29, 1.82) is 0 Å². The van der Waals surface area contributed by atoms with Crippen molar-refractivity contribution in [2.24, 2.45) is 5.16 Å². The summed E-state index contributed by atoms with van der Waals surface area (Å²) < 4.78 is 0. The van der Waals surface area contributed by atoms with E-state index in [1.807, 2.05) is 31.2 Å². The first-order valence-electron chi connectivity index (χ1n) is 3.39. The second-order valence-corrected chi connectivity index (χ2v) is 2.15. The molecule has 0 bridgehead atoms. The van der Waals surface area contributed by atoms with Gasteiger partial charge in [0, 0.05) is 0 Å². The van der Waals surface area contributed by atoms with Crippen LogP contribution >= 0.6 is 0 Å². The standard InChI is InChI=1S/C9H10NO/c1-8(10-11-2)9-6-4-3-5-7-9/h4-7H,1-2H3/b10-8+. The van der Waals surface area contributed by atoms with E-state index in [4.69, 9.17) is 0 Å². The number of hydrogen-bond acceptors (Lipinski definition) is 2. The molecule has 1 aromatic carbocycles. The van der Waals surface area contributed by atoms with E-state index >= 15 is 0 Å². The molecule has 0 atom stereocenters. The summed E-state index contributed by atoms with van der Waals surface area (Å²) in [6.45, 7) is 1.90. The van der Waals surface area contributed by atoms with Crippen molar-refractivity contribution in [1.82, 2.24) is 0 Å². The van der Waals surface area contributed by atoms with Gasteiger partial charge in [0.1, 0.15) is 7.11 Å². The minimum absolute atomic E-state index is 0.876. The smallest absolute Gasteiger partial charge is 0.106 e. The topological polar surface area (TPSA) is 21.6 Å². The third-order valence-electron chi connectivity index (χ3n) is 1.36. The molecular formula is C9H10NO. The Hall–Kier alpha value is -1.31. The van der Waals surface area contributed by atoms with Crippen LogP contribution in [0.25, 0.3) is 0 Å². The zero-order valence-electron chi connectivity index (χ0n) is 6.66. The van der Waals surface area contributed by atoms with Crippen molar-refractivity contribution in [3.05, 3.63) is 35.9 Å². The molecule has 0 unspecified atom stereocenters. The fourth-order valence-corrected chi connectivity index (χ4v) is 0.818. The van der Waals surface area contributed by atoms with Crippen LogP contribution in [0.1, 0.15) is 12.5 Å². The quantitative estimate of drug-likeness (QED) is 0.463. The van der Waals surface area contributed by atoms with Crippen molar-refractivity contribution in [2.75, 3.05) is 7.11 Å². The summed E-state index contributed by atoms with van der Waals surface area (Å²) in [6.07, 6.45) is 0. The molecule has 57 valence electrons. The van der Waals surface area contributed by atoms with Gasteiger partial charge in [0.15, 0.2) is 0 Å². The summed E-state index contributed by atoms with van der Waals surface area (Å²) in [5.74, 6) is 0. The van der Waals surface area contributed by atoms with E-state index in [0.717, 1.165) is 11.3 Å². The van der Waals surface area contributed by atoms with Crippen LogP contribution in [0.3, 0.4) is 0 Å². The number of hydrogen-bond donors (Lipinski definition) is 0. The normalized spacial score (nSPS) is 11.3. The first-order valence-corrected chi connectivity index (χ1v) is 3.39. The van der Waals surface area contributed by atoms with Crippen LogP contribution in [-0.2, 0) is 4.84 Å². The molecule has 0 saturated carbocycles. The average molecular weight is 148 g/mol. The Morgan fingerprint density at radius 1 is 1.45 bits per heavy atom. The highest BCUT2D eigenvalue weighted by atomic mass is 16.6. The molecule has 0 aliphatic carbocycles. The van der Waals surface area contributed by atoms with Crippen molar-refractivity contribution < 1.29 is 4.84 Å². The molecule has 2 heteroatoms. The molecule has 0 saturated heterocycles. The lowest BCUT2D eigenvalue weighted by Gasteiger charge is -1.96. The predicted octanol–water partition coefficient (Wildman–Crippen LogP) is 1.86. The average Bonchev–Trinajstić information content (AvgIpc) is 2.07. The van der Waals surface area contributed by atoms with Crippen molar-refractivity contribution in [2.45, 2.75) is 6.92 Å². The first kappa shape index (κ1) is 7.79. The molecule has 0 amide bonds. The highest BCUT2D eigenvalue weighted by Gasteiger charge is 1.93. The van der Waals surface area contributed by atoms with Gasteiger partial charge in [-0.25, -0.2) is 0 Å². The van der Waals surface area contributed by atoms with Crippen molar-refractivity contribution in [3.8, 4) is 0 Å². The van der Waals surface area contributed by atoms with Gasteiger partial charge in [-0.1, -0.05) is 29.4 Å². The summed E-state index contributed by atoms with van der Waals surface area (Å²) in [4.78, 5) is 4.64. The maximum absolute atomic E-state index is 4.64. The highest BCUT2D eigenvalue weighted by Crippen LogP contribution is 1.99. The monoisotopic (exact) mass is 148 g/mol. The first-order chi connectivity index (χ1) is 5.34. The van der Waals surface area contributed by atoms with Crippen LogP contribution in [0.5, 0.6) is 0 Å². The van der Waals surface area contributed by atoms with Gasteiger partial charge in [-0.3, -0.25) is 0 Å². The number of benzene rings is 1. The third kappa shape index (κ3) is 2.08. The summed E-state index contributed by atoms with van der Waals surface area (Å²) in [5, 5.41) is 3.80. The SMILES string of the molecule is CO/N=C(\C)c1cc[c]cc1. The van der Waals surface area contributed by atoms with E-state index in [1.165, 1.54) is 0 Å². The van der Waals surface area contributed by atoms with Crippen LogP contribution in [0.4, 0.5) is 0 Å². The molecule has 0 aliphatic heterocycles. The molecule has 11 heavy (non-hydrogen) atoms. The Morgan fingerprint density at radius 2 is 2.09 bits per heavy atom. The molecule has 1 radical (unpaired) electrons. The molecule has 0 spiro atoms. The van der Waals surface area contributed by atoms with Gasteiger partial charge >= 0.3 is 0 Å². The minimum Gasteiger partial charge on any atom is -0.399 e. The minimum atomic E-state index is 0.876. The number of oxime groups is 1. The lowest BCUT2D eigenvalue weighted by Crippen LogP contribution is -1.93. The highest BCUT2D eigenvalue weighted by molar-refractivity contribution is 5.98. The van der Waals surface area contributed by atoms with Gasteiger partial charge in [-0.05, 0) is 18.6 Å². The Kier molecular flexibility index (Phi) is 2.66. The van der Waals surface area contributed by atoms with Gasteiger partial charge in [0.05, 0.1) is 5.71 Å². The van der Waals surface area contributed by atoms with Crippen LogP contribution in [0.15, 0.2) is 29.4 Å². The molecule has 1 aromatic rings. The lowest BCUT2D eigenvalue weighted by atomic mass is 10.1. The van der Waals surface area contributed by atoms with Crippen LogP contribution in [0, 0.1) is 6.07 Å². The Balaban J connectivity index is 2.85. The molecule has 2 nitrogen and oxygen atoms in total. The third-order valence-corrected chi connectivity index (χ3v) is 1.36. The summed E-state index contributed by atoms with van der Waals surface area (Å²) in [7, 11) is 1.54. The van der Waals surface area contributed by atoms with Gasteiger partial charge in [-0.2, -0.15) is 0 Å². The Labute approximate surface area is 66.5 Å². The van der Waals surface area contributed by atoms with Crippen LogP contribution < -0.4 is 0 Å². The van der Waals surface area contributed by atoms with E-state index in [1.54, 1.807) is 7.11 Å². The van der Waals surface area contributed by atoms with Crippen LogP contribution in [0.2, 0.25) is 0 Å². The maximum atomic E-state index is 4.64. The molecular weight excluding hydrogens is 138 g/mol. The molecule has 0 fully saturated rings. The second kappa shape index (κ2) is 3.76. The van der Waals surface area contributed by atoms with Gasteiger partial charge in [0.25, 0.3) is 0 Å². The fraction of sp³-hybridized carbons (Fsp3) is 0.222. The predicted molar refractivity (Wildman–Crippen MR) is 44.5 cm³/mol. The van der Waals surface area contributed by atoms with E-state index in [0.29, 0.717) is 0 Å². The fourth-order valence-electron chi connectivity index (χ4n) is 0.818. The zero-order chi connectivity index (χ0) is 8.10. The zero-order valence-corrected chi connectivity index (χ0v) is 6.66. The van der Waals surface area contributed by atoms with Gasteiger partial charge in [0.2, 0.25) is 0 Å². The van der Waals surface area contributed by atoms with Crippen LogP contribution in [-0.4, -0.2) is 12.8 Å². The Bertz CT molecular complexity index is 241. The molecule has 0 heterocycles. The van der Waals surface area contributed by atoms with Gasteiger partial charge < -0.3 is 4.84 Å². The largest absolute Gasteiger partial charge is 0.399 e. The van der Waals surface area contributed by atoms with Gasteiger partial charge in [-0.15, -0.1) is 0 Å². The maximum Gasteiger partial charge on any atom is 0.106 e. The van der Waals surface area contributed by atoms with E-state index < -0.39 is 0 Å². The van der Waals surface area contributed by atoms with E-state index in [9.17, 15) is 0 Å². The number of nitrogens with zero attached hydrogens (tertiary/aromatic N) is 1. The summed E-state index contributed by atoms with van der Waals surface area (Å²) in [6, 6.07) is 10.5. The molecule has 1 rings (SSSR count).